The number of likely N-dealkylation sites (tertiary alicyclic amines) is 1. The third-order valence-electron chi connectivity index (χ3n) is 3.09. The second-order valence-corrected chi connectivity index (χ2v) is 4.30. The van der Waals surface area contributed by atoms with Gasteiger partial charge in [-0.15, -0.1) is 0 Å². The predicted molar refractivity (Wildman–Crippen MR) is 54.7 cm³/mol. The van der Waals surface area contributed by atoms with Gasteiger partial charge in [-0.1, -0.05) is 6.92 Å². The molecule has 1 rings (SSSR count). The van der Waals surface area contributed by atoms with Gasteiger partial charge < -0.3 is 4.79 Å². The minimum Gasteiger partial charge on any atom is -0.303 e. The zero-order chi connectivity index (χ0) is 9.84. The highest BCUT2D eigenvalue weighted by atomic mass is 16.1. The van der Waals surface area contributed by atoms with Crippen molar-refractivity contribution < 1.29 is 4.79 Å². The maximum Gasteiger partial charge on any atom is 0.123 e. The van der Waals surface area contributed by atoms with Crippen molar-refractivity contribution in [1.82, 2.24) is 4.90 Å². The van der Waals surface area contributed by atoms with Crippen LogP contribution < -0.4 is 0 Å². The van der Waals surface area contributed by atoms with E-state index in [1.807, 2.05) is 0 Å². The summed E-state index contributed by atoms with van der Waals surface area (Å²) < 4.78 is 0. The fourth-order valence-electron chi connectivity index (χ4n) is 2.49. The normalized spacial score (nSPS) is 36.1. The van der Waals surface area contributed by atoms with E-state index in [1.165, 1.54) is 13.0 Å². The molecule has 2 atom stereocenters. The number of hydrogen-bond acceptors (Lipinski definition) is 2. The molecule has 1 heterocycles. The zero-order valence-corrected chi connectivity index (χ0v) is 8.99. The van der Waals surface area contributed by atoms with Crippen LogP contribution in [0.3, 0.4) is 0 Å². The summed E-state index contributed by atoms with van der Waals surface area (Å²) in [5, 5.41) is 0. The fourth-order valence-corrected chi connectivity index (χ4v) is 2.49. The lowest BCUT2D eigenvalue weighted by atomic mass is 9.88. The second kappa shape index (κ2) is 4.75. The van der Waals surface area contributed by atoms with Crippen molar-refractivity contribution in [3.63, 3.8) is 0 Å². The first-order valence-electron chi connectivity index (χ1n) is 5.40. The van der Waals surface area contributed by atoms with E-state index in [0.29, 0.717) is 18.0 Å². The van der Waals surface area contributed by atoms with Crippen LogP contribution in [0.2, 0.25) is 0 Å². The average Bonchev–Trinajstić information content (AvgIpc) is 2.11. The van der Waals surface area contributed by atoms with Crippen molar-refractivity contribution in [2.75, 3.05) is 6.54 Å². The lowest BCUT2D eigenvalue weighted by molar-refractivity contribution is -0.113. The quantitative estimate of drug-likeness (QED) is 0.624. The molecule has 0 N–H and O–H groups in total. The Balaban J connectivity index is 2.53. The van der Waals surface area contributed by atoms with Crippen LogP contribution in [-0.4, -0.2) is 29.8 Å². The zero-order valence-electron chi connectivity index (χ0n) is 8.99. The largest absolute Gasteiger partial charge is 0.303 e. The van der Waals surface area contributed by atoms with Crippen molar-refractivity contribution in [2.24, 2.45) is 5.92 Å². The molecule has 1 fully saturated rings. The van der Waals surface area contributed by atoms with Crippen LogP contribution in [0.1, 0.15) is 40.0 Å². The Morgan fingerprint density at radius 3 is 2.23 bits per heavy atom. The lowest BCUT2D eigenvalue weighted by Crippen LogP contribution is -2.47. The average molecular weight is 183 g/mol. The van der Waals surface area contributed by atoms with Gasteiger partial charge in [-0.25, -0.2) is 0 Å². The number of rotatable bonds is 3. The van der Waals surface area contributed by atoms with Gasteiger partial charge in [-0.3, -0.25) is 4.90 Å². The van der Waals surface area contributed by atoms with Crippen molar-refractivity contribution >= 4 is 6.29 Å². The van der Waals surface area contributed by atoms with Gasteiger partial charge in [0.05, 0.1) is 0 Å². The molecule has 1 aliphatic heterocycles. The molecule has 76 valence electrons. The summed E-state index contributed by atoms with van der Waals surface area (Å²) in [5.74, 6) is 0.304. The number of nitrogens with zero attached hydrogens (tertiary/aromatic N) is 1. The topological polar surface area (TPSA) is 20.3 Å². The third kappa shape index (κ3) is 2.53. The van der Waals surface area contributed by atoms with Crippen molar-refractivity contribution in [2.45, 2.75) is 52.1 Å². The van der Waals surface area contributed by atoms with Crippen LogP contribution in [0.25, 0.3) is 0 Å². The number of carbonyl (C=O) groups is 1. The van der Waals surface area contributed by atoms with Crippen molar-refractivity contribution in [1.29, 1.82) is 0 Å². The van der Waals surface area contributed by atoms with Gasteiger partial charge in [0.2, 0.25) is 0 Å². The van der Waals surface area contributed by atoms with E-state index in [-0.39, 0.29) is 0 Å². The number of piperidine rings is 1. The SMILES string of the molecule is CCCN1[C@@H](C)CC(C=O)C[C@@H]1C. The highest BCUT2D eigenvalue weighted by Gasteiger charge is 2.29. The molecule has 0 radical (unpaired) electrons. The molecule has 1 aliphatic rings. The molecule has 0 aromatic rings. The van der Waals surface area contributed by atoms with Gasteiger partial charge in [-0.05, 0) is 39.7 Å². The van der Waals surface area contributed by atoms with Crippen LogP contribution in [0.5, 0.6) is 0 Å². The Morgan fingerprint density at radius 2 is 1.85 bits per heavy atom. The van der Waals surface area contributed by atoms with E-state index >= 15 is 0 Å². The van der Waals surface area contributed by atoms with Crippen LogP contribution in [-0.2, 0) is 4.79 Å². The first-order chi connectivity index (χ1) is 6.19. The molecule has 2 heteroatoms. The molecule has 13 heavy (non-hydrogen) atoms. The Morgan fingerprint density at radius 1 is 1.31 bits per heavy atom. The van der Waals surface area contributed by atoms with E-state index in [4.69, 9.17) is 0 Å². The predicted octanol–water partition coefficient (Wildman–Crippen LogP) is 2.08. The summed E-state index contributed by atoms with van der Waals surface area (Å²) in [5.41, 5.74) is 0. The molecule has 0 aromatic heterocycles. The van der Waals surface area contributed by atoms with E-state index < -0.39 is 0 Å². The maximum absolute atomic E-state index is 10.7. The van der Waals surface area contributed by atoms with E-state index in [0.717, 1.165) is 19.1 Å². The number of aldehydes is 1. The van der Waals surface area contributed by atoms with E-state index in [2.05, 4.69) is 25.7 Å². The number of hydrogen-bond donors (Lipinski definition) is 0. The standard InChI is InChI=1S/C11H21NO/c1-4-5-12-9(2)6-11(8-13)7-10(12)3/h8-11H,4-7H2,1-3H3/t9-,10-/m0/s1. The van der Waals surface area contributed by atoms with Crippen LogP contribution in [0.15, 0.2) is 0 Å². The Kier molecular flexibility index (Phi) is 3.91. The Labute approximate surface area is 81.3 Å². The summed E-state index contributed by atoms with van der Waals surface area (Å²) in [7, 11) is 0. The molecular formula is C11H21NO. The molecule has 0 amide bonds. The van der Waals surface area contributed by atoms with Gasteiger partial charge in [0, 0.05) is 18.0 Å². The molecule has 0 unspecified atom stereocenters. The molecule has 0 spiro atoms. The third-order valence-corrected chi connectivity index (χ3v) is 3.09. The minimum atomic E-state index is 0.304. The minimum absolute atomic E-state index is 0.304. The molecule has 0 aromatic carbocycles. The highest BCUT2D eigenvalue weighted by molar-refractivity contribution is 5.53. The lowest BCUT2D eigenvalue weighted by Gasteiger charge is -2.41. The molecule has 2 nitrogen and oxygen atoms in total. The Hall–Kier alpha value is -0.370. The van der Waals surface area contributed by atoms with Gasteiger partial charge in [0.15, 0.2) is 0 Å². The Bertz CT molecular complexity index is 157. The van der Waals surface area contributed by atoms with Gasteiger partial charge in [0.25, 0.3) is 0 Å². The first kappa shape index (κ1) is 10.7. The summed E-state index contributed by atoms with van der Waals surface area (Å²) in [4.78, 5) is 13.2. The van der Waals surface area contributed by atoms with Crippen LogP contribution in [0.4, 0.5) is 0 Å². The smallest absolute Gasteiger partial charge is 0.123 e. The summed E-state index contributed by atoms with van der Waals surface area (Å²) in [6.45, 7) is 7.86. The van der Waals surface area contributed by atoms with Crippen molar-refractivity contribution in [3.8, 4) is 0 Å². The van der Waals surface area contributed by atoms with E-state index in [1.54, 1.807) is 0 Å². The van der Waals surface area contributed by atoms with Crippen LogP contribution >= 0.6 is 0 Å². The van der Waals surface area contributed by atoms with Crippen molar-refractivity contribution in [3.05, 3.63) is 0 Å². The highest BCUT2D eigenvalue weighted by Crippen LogP contribution is 2.26. The maximum atomic E-state index is 10.7. The molecule has 1 saturated heterocycles. The van der Waals surface area contributed by atoms with Gasteiger partial charge in [0.1, 0.15) is 6.29 Å². The van der Waals surface area contributed by atoms with E-state index in [9.17, 15) is 4.79 Å². The van der Waals surface area contributed by atoms with Gasteiger partial charge in [-0.2, -0.15) is 0 Å². The molecule has 0 bridgehead atoms. The molecule has 0 saturated carbocycles. The summed E-state index contributed by atoms with van der Waals surface area (Å²) in [6.07, 6.45) is 4.44. The fraction of sp³-hybridized carbons (Fsp3) is 0.909. The molecule has 0 aliphatic carbocycles. The second-order valence-electron chi connectivity index (χ2n) is 4.30. The first-order valence-corrected chi connectivity index (χ1v) is 5.40. The van der Waals surface area contributed by atoms with Gasteiger partial charge >= 0.3 is 0 Å². The summed E-state index contributed by atoms with van der Waals surface area (Å²) >= 11 is 0. The monoisotopic (exact) mass is 183 g/mol. The number of carbonyl (C=O) groups excluding carboxylic acids is 1. The molecular weight excluding hydrogens is 162 g/mol. The summed E-state index contributed by atoms with van der Waals surface area (Å²) in [6, 6.07) is 1.16. The van der Waals surface area contributed by atoms with Crippen LogP contribution in [0, 0.1) is 5.92 Å².